The van der Waals surface area contributed by atoms with E-state index in [0.717, 1.165) is 25.7 Å². The van der Waals surface area contributed by atoms with Gasteiger partial charge in [-0.05, 0) is 19.3 Å². The maximum absolute atomic E-state index is 11.7. The second kappa shape index (κ2) is 18.5. The largest absolute Gasteiger partial charge is 0.300 e. The van der Waals surface area contributed by atoms with Gasteiger partial charge in [0.2, 0.25) is 0 Å². The number of hydrogen-bond acceptors (Lipinski definition) is 1. The Balaban J connectivity index is 3.20. The number of rotatable bonds is 17. The fourth-order valence-electron chi connectivity index (χ4n) is 2.74. The van der Waals surface area contributed by atoms with Crippen molar-refractivity contribution >= 4 is 5.78 Å². The number of carbonyl (C=O) groups is 1. The van der Waals surface area contributed by atoms with Gasteiger partial charge in [-0.25, -0.2) is 0 Å². The van der Waals surface area contributed by atoms with E-state index < -0.39 is 0 Å². The first-order valence-electron chi connectivity index (χ1n) is 9.98. The van der Waals surface area contributed by atoms with Gasteiger partial charge >= 0.3 is 0 Å². The van der Waals surface area contributed by atoms with Crippen LogP contribution >= 0.6 is 0 Å². The van der Waals surface area contributed by atoms with E-state index in [2.05, 4.69) is 26.0 Å². The minimum Gasteiger partial charge on any atom is -0.300 e. The summed E-state index contributed by atoms with van der Waals surface area (Å²) >= 11 is 0. The Kier molecular flexibility index (Phi) is 18.0. The summed E-state index contributed by atoms with van der Waals surface area (Å²) in [6, 6.07) is 0. The van der Waals surface area contributed by atoms with Gasteiger partial charge in [0, 0.05) is 12.8 Å². The summed E-state index contributed by atoms with van der Waals surface area (Å²) < 4.78 is 0. The Labute approximate surface area is 140 Å². The molecule has 0 aliphatic heterocycles. The molecule has 0 aliphatic rings. The van der Waals surface area contributed by atoms with Crippen LogP contribution in [0.5, 0.6) is 0 Å². The highest BCUT2D eigenvalue weighted by Crippen LogP contribution is 2.12. The van der Waals surface area contributed by atoms with E-state index in [1.807, 2.05) is 0 Å². The van der Waals surface area contributed by atoms with Gasteiger partial charge in [-0.1, -0.05) is 96.6 Å². The molecule has 0 fully saturated rings. The van der Waals surface area contributed by atoms with E-state index in [9.17, 15) is 4.79 Å². The summed E-state index contributed by atoms with van der Waals surface area (Å²) in [5.74, 6) is 0.458. The maximum atomic E-state index is 11.7. The third-order valence-electron chi connectivity index (χ3n) is 4.29. The maximum Gasteiger partial charge on any atom is 0.133 e. The van der Waals surface area contributed by atoms with Crippen LogP contribution in [-0.4, -0.2) is 5.78 Å². The molecule has 0 saturated heterocycles. The van der Waals surface area contributed by atoms with Gasteiger partial charge in [-0.15, -0.1) is 0 Å². The van der Waals surface area contributed by atoms with Crippen molar-refractivity contribution in [3.63, 3.8) is 0 Å². The smallest absolute Gasteiger partial charge is 0.133 e. The van der Waals surface area contributed by atoms with E-state index >= 15 is 0 Å². The molecule has 0 N–H and O–H groups in total. The summed E-state index contributed by atoms with van der Waals surface area (Å²) in [6.07, 6.45) is 24.0. The Morgan fingerprint density at radius 3 is 1.68 bits per heavy atom. The van der Waals surface area contributed by atoms with Gasteiger partial charge in [-0.2, -0.15) is 0 Å². The zero-order chi connectivity index (χ0) is 16.3. The monoisotopic (exact) mass is 308 g/mol. The van der Waals surface area contributed by atoms with Crippen molar-refractivity contribution in [3.05, 3.63) is 12.2 Å². The van der Waals surface area contributed by atoms with Gasteiger partial charge in [0.25, 0.3) is 0 Å². The first-order chi connectivity index (χ1) is 10.8. The summed E-state index contributed by atoms with van der Waals surface area (Å²) in [7, 11) is 0. The zero-order valence-electron chi connectivity index (χ0n) is 15.4. The van der Waals surface area contributed by atoms with Crippen LogP contribution in [0.2, 0.25) is 0 Å². The van der Waals surface area contributed by atoms with E-state index in [1.165, 1.54) is 77.0 Å². The molecule has 130 valence electrons. The third kappa shape index (κ3) is 17.5. The first-order valence-corrected chi connectivity index (χ1v) is 9.98. The van der Waals surface area contributed by atoms with Crippen LogP contribution in [-0.2, 0) is 4.79 Å². The molecular weight excluding hydrogens is 268 g/mol. The van der Waals surface area contributed by atoms with Gasteiger partial charge in [0.05, 0.1) is 0 Å². The second-order valence-corrected chi connectivity index (χ2v) is 6.62. The van der Waals surface area contributed by atoms with Crippen molar-refractivity contribution < 1.29 is 4.79 Å². The van der Waals surface area contributed by atoms with Crippen LogP contribution in [0.1, 0.15) is 117 Å². The van der Waals surface area contributed by atoms with Crippen LogP contribution in [0.25, 0.3) is 0 Å². The lowest BCUT2D eigenvalue weighted by atomic mass is 10.0. The van der Waals surface area contributed by atoms with Crippen molar-refractivity contribution in [1.29, 1.82) is 0 Å². The number of carbonyl (C=O) groups excluding carboxylic acids is 1. The predicted octanol–water partition coefficient (Wildman–Crippen LogP) is 7.39. The lowest BCUT2D eigenvalue weighted by Gasteiger charge is -2.02. The van der Waals surface area contributed by atoms with Gasteiger partial charge in [0.15, 0.2) is 0 Å². The molecule has 0 aromatic carbocycles. The van der Waals surface area contributed by atoms with Crippen LogP contribution in [0.4, 0.5) is 0 Å². The van der Waals surface area contributed by atoms with Crippen LogP contribution in [0.3, 0.4) is 0 Å². The van der Waals surface area contributed by atoms with Gasteiger partial charge < -0.3 is 0 Å². The molecule has 1 nitrogen and oxygen atoms in total. The molecule has 0 bridgehead atoms. The second-order valence-electron chi connectivity index (χ2n) is 6.62. The summed E-state index contributed by atoms with van der Waals surface area (Å²) in [5, 5.41) is 0. The summed E-state index contributed by atoms with van der Waals surface area (Å²) in [4.78, 5) is 11.7. The lowest BCUT2D eigenvalue weighted by molar-refractivity contribution is -0.119. The average molecular weight is 309 g/mol. The molecule has 0 aromatic rings. The SMILES string of the molecule is CCCC/C=C/CCC(=O)CCCCCCCCCCCC. The highest BCUT2D eigenvalue weighted by atomic mass is 16.1. The number of Topliss-reactive ketones (excluding diaryl/α,β-unsaturated/α-hetero) is 1. The minimum atomic E-state index is 0.458. The van der Waals surface area contributed by atoms with Gasteiger partial charge in [0.1, 0.15) is 5.78 Å². The Hall–Kier alpha value is -0.590. The average Bonchev–Trinajstić information content (AvgIpc) is 2.52. The van der Waals surface area contributed by atoms with Crippen molar-refractivity contribution in [2.45, 2.75) is 117 Å². The zero-order valence-corrected chi connectivity index (χ0v) is 15.4. The Morgan fingerprint density at radius 1 is 0.591 bits per heavy atom. The Morgan fingerprint density at radius 2 is 1.09 bits per heavy atom. The normalized spacial score (nSPS) is 11.4. The molecule has 0 saturated carbocycles. The van der Waals surface area contributed by atoms with E-state index in [-0.39, 0.29) is 0 Å². The van der Waals surface area contributed by atoms with E-state index in [0.29, 0.717) is 5.78 Å². The molecule has 22 heavy (non-hydrogen) atoms. The molecule has 0 rings (SSSR count). The van der Waals surface area contributed by atoms with E-state index in [4.69, 9.17) is 0 Å². The summed E-state index contributed by atoms with van der Waals surface area (Å²) in [5.41, 5.74) is 0. The van der Waals surface area contributed by atoms with Crippen molar-refractivity contribution in [1.82, 2.24) is 0 Å². The van der Waals surface area contributed by atoms with Crippen LogP contribution in [0.15, 0.2) is 12.2 Å². The Bertz CT molecular complexity index is 255. The topological polar surface area (TPSA) is 17.1 Å². The molecule has 0 heterocycles. The quantitative estimate of drug-likeness (QED) is 0.202. The number of unbranched alkanes of at least 4 members (excludes halogenated alkanes) is 11. The molecule has 0 aliphatic carbocycles. The van der Waals surface area contributed by atoms with Crippen molar-refractivity contribution in [2.75, 3.05) is 0 Å². The lowest BCUT2D eigenvalue weighted by Crippen LogP contribution is -1.96. The molecule has 0 atom stereocenters. The van der Waals surface area contributed by atoms with Crippen molar-refractivity contribution in [3.8, 4) is 0 Å². The molecule has 0 amide bonds. The van der Waals surface area contributed by atoms with Crippen LogP contribution < -0.4 is 0 Å². The molecule has 0 aromatic heterocycles. The molecule has 0 unspecified atom stereocenters. The molecule has 0 radical (unpaired) electrons. The van der Waals surface area contributed by atoms with Crippen LogP contribution in [0, 0.1) is 0 Å². The standard InChI is InChI=1S/C21H40O/c1-3-5-7-9-11-12-13-14-16-18-20-21(22)19-17-15-10-8-6-4-2/h10,15H,3-9,11-14,16-20H2,1-2H3/b15-10+. The summed E-state index contributed by atoms with van der Waals surface area (Å²) in [6.45, 7) is 4.48. The highest BCUT2D eigenvalue weighted by molar-refractivity contribution is 5.78. The number of ketones is 1. The molecule has 0 spiro atoms. The molecular formula is C21H40O. The minimum absolute atomic E-state index is 0.458. The van der Waals surface area contributed by atoms with E-state index in [1.54, 1.807) is 0 Å². The fraction of sp³-hybridized carbons (Fsp3) is 0.857. The molecule has 1 heteroatoms. The van der Waals surface area contributed by atoms with Crippen molar-refractivity contribution in [2.24, 2.45) is 0 Å². The predicted molar refractivity (Wildman–Crippen MR) is 99.4 cm³/mol. The number of allylic oxidation sites excluding steroid dienone is 2. The first kappa shape index (κ1) is 21.4. The fourth-order valence-corrected chi connectivity index (χ4v) is 2.74. The van der Waals surface area contributed by atoms with Gasteiger partial charge in [-0.3, -0.25) is 4.79 Å². The number of hydrogen-bond donors (Lipinski definition) is 0. The third-order valence-corrected chi connectivity index (χ3v) is 4.29. The highest BCUT2D eigenvalue weighted by Gasteiger charge is 2.00.